The SMILES string of the molecule is Cc1ccccc1COC(=O)Cc1n[nH]c(=O)c2ccccc12. The maximum absolute atomic E-state index is 12.1. The molecule has 0 atom stereocenters. The molecule has 0 saturated heterocycles. The Morgan fingerprint density at radius 1 is 1.09 bits per heavy atom. The van der Waals surface area contributed by atoms with Crippen LogP contribution in [0, 0.1) is 6.92 Å². The molecule has 5 heteroatoms. The number of hydrogen-bond acceptors (Lipinski definition) is 4. The molecule has 3 aromatic rings. The van der Waals surface area contributed by atoms with Crippen molar-refractivity contribution in [3.63, 3.8) is 0 Å². The van der Waals surface area contributed by atoms with Gasteiger partial charge < -0.3 is 4.74 Å². The minimum atomic E-state index is -0.377. The van der Waals surface area contributed by atoms with E-state index in [1.807, 2.05) is 37.3 Å². The molecule has 0 amide bonds. The molecule has 5 nitrogen and oxygen atoms in total. The van der Waals surface area contributed by atoms with E-state index in [2.05, 4.69) is 10.2 Å². The third-order valence-electron chi connectivity index (χ3n) is 3.74. The summed E-state index contributed by atoms with van der Waals surface area (Å²) in [6, 6.07) is 14.8. The summed E-state index contributed by atoms with van der Waals surface area (Å²) in [6.45, 7) is 2.20. The normalized spacial score (nSPS) is 10.7. The van der Waals surface area contributed by atoms with Crippen LogP contribution >= 0.6 is 0 Å². The van der Waals surface area contributed by atoms with E-state index in [1.54, 1.807) is 18.2 Å². The van der Waals surface area contributed by atoms with Crippen molar-refractivity contribution in [3.8, 4) is 0 Å². The van der Waals surface area contributed by atoms with Crippen molar-refractivity contribution in [1.29, 1.82) is 0 Å². The maximum Gasteiger partial charge on any atom is 0.312 e. The van der Waals surface area contributed by atoms with Crippen molar-refractivity contribution in [2.45, 2.75) is 20.0 Å². The van der Waals surface area contributed by atoms with Gasteiger partial charge in [0.1, 0.15) is 6.61 Å². The fraction of sp³-hybridized carbons (Fsp3) is 0.167. The van der Waals surface area contributed by atoms with Gasteiger partial charge in [0, 0.05) is 5.39 Å². The molecule has 0 aliphatic carbocycles. The lowest BCUT2D eigenvalue weighted by atomic mass is 10.1. The Balaban J connectivity index is 1.75. The van der Waals surface area contributed by atoms with Gasteiger partial charge in [-0.2, -0.15) is 5.10 Å². The molecule has 0 aliphatic heterocycles. The zero-order valence-electron chi connectivity index (χ0n) is 12.7. The molecule has 0 unspecified atom stereocenters. The molecular formula is C18H16N2O3. The average molecular weight is 308 g/mol. The molecule has 1 N–H and O–H groups in total. The van der Waals surface area contributed by atoms with Gasteiger partial charge in [0.05, 0.1) is 17.5 Å². The largest absolute Gasteiger partial charge is 0.461 e. The number of aromatic amines is 1. The number of benzene rings is 2. The number of esters is 1. The first-order valence-corrected chi connectivity index (χ1v) is 7.31. The van der Waals surface area contributed by atoms with Crippen molar-refractivity contribution in [2.24, 2.45) is 0 Å². The van der Waals surface area contributed by atoms with Crippen LogP contribution in [-0.2, 0) is 22.6 Å². The Bertz CT molecular complexity index is 915. The van der Waals surface area contributed by atoms with Crippen molar-refractivity contribution in [1.82, 2.24) is 10.2 Å². The van der Waals surface area contributed by atoms with E-state index >= 15 is 0 Å². The molecule has 0 aliphatic rings. The number of nitrogens with one attached hydrogen (secondary N) is 1. The Morgan fingerprint density at radius 2 is 1.78 bits per heavy atom. The third-order valence-corrected chi connectivity index (χ3v) is 3.74. The lowest BCUT2D eigenvalue weighted by molar-refractivity contribution is -0.144. The van der Waals surface area contributed by atoms with E-state index in [0.717, 1.165) is 11.1 Å². The first-order valence-electron chi connectivity index (χ1n) is 7.31. The van der Waals surface area contributed by atoms with Crippen LogP contribution in [0.3, 0.4) is 0 Å². The molecule has 1 aromatic heterocycles. The standard InChI is InChI=1S/C18H16N2O3/c1-12-6-2-3-7-13(12)11-23-17(21)10-16-14-8-4-5-9-15(14)18(22)20-19-16/h2-9H,10-11H2,1H3,(H,20,22). The van der Waals surface area contributed by atoms with Crippen LogP contribution in [0.25, 0.3) is 10.8 Å². The second kappa shape index (κ2) is 6.44. The predicted molar refractivity (Wildman–Crippen MR) is 87.0 cm³/mol. The number of rotatable bonds is 4. The quantitative estimate of drug-likeness (QED) is 0.752. The highest BCUT2D eigenvalue weighted by atomic mass is 16.5. The second-order valence-electron chi connectivity index (χ2n) is 5.31. The zero-order valence-corrected chi connectivity index (χ0v) is 12.7. The van der Waals surface area contributed by atoms with Gasteiger partial charge in [-0.15, -0.1) is 0 Å². The number of ether oxygens (including phenoxy) is 1. The van der Waals surface area contributed by atoms with Crippen LogP contribution in [-0.4, -0.2) is 16.2 Å². The maximum atomic E-state index is 12.1. The van der Waals surface area contributed by atoms with E-state index in [1.165, 1.54) is 0 Å². The zero-order chi connectivity index (χ0) is 16.2. The Hall–Kier alpha value is -2.95. The molecule has 0 saturated carbocycles. The Labute approximate surface area is 132 Å². The molecule has 0 fully saturated rings. The summed E-state index contributed by atoms with van der Waals surface area (Å²) in [5.74, 6) is -0.377. The fourth-order valence-electron chi connectivity index (χ4n) is 2.42. The number of hydrogen-bond donors (Lipinski definition) is 1. The Morgan fingerprint density at radius 3 is 2.57 bits per heavy atom. The average Bonchev–Trinajstić information content (AvgIpc) is 2.57. The second-order valence-corrected chi connectivity index (χ2v) is 5.31. The smallest absolute Gasteiger partial charge is 0.312 e. The molecule has 116 valence electrons. The van der Waals surface area contributed by atoms with Crippen LogP contribution in [0.4, 0.5) is 0 Å². The number of carbonyl (C=O) groups is 1. The van der Waals surface area contributed by atoms with E-state index in [4.69, 9.17) is 4.74 Å². The van der Waals surface area contributed by atoms with Crippen molar-refractivity contribution < 1.29 is 9.53 Å². The van der Waals surface area contributed by atoms with E-state index in [0.29, 0.717) is 16.5 Å². The van der Waals surface area contributed by atoms with E-state index in [-0.39, 0.29) is 24.6 Å². The summed E-state index contributed by atoms with van der Waals surface area (Å²) < 4.78 is 5.32. The number of H-pyrrole nitrogens is 1. The lowest BCUT2D eigenvalue weighted by Crippen LogP contribution is -2.15. The van der Waals surface area contributed by atoms with E-state index in [9.17, 15) is 9.59 Å². The molecule has 0 spiro atoms. The molecule has 0 bridgehead atoms. The molecule has 0 radical (unpaired) electrons. The number of aromatic nitrogens is 2. The van der Waals surface area contributed by atoms with Gasteiger partial charge in [-0.05, 0) is 24.1 Å². The summed E-state index contributed by atoms with van der Waals surface area (Å²) in [5, 5.41) is 7.59. The van der Waals surface area contributed by atoms with Gasteiger partial charge >= 0.3 is 5.97 Å². The first kappa shape index (κ1) is 15.0. The molecule has 23 heavy (non-hydrogen) atoms. The molecular weight excluding hydrogens is 292 g/mol. The minimum Gasteiger partial charge on any atom is -0.461 e. The van der Waals surface area contributed by atoms with Gasteiger partial charge in [0.25, 0.3) is 5.56 Å². The van der Waals surface area contributed by atoms with E-state index < -0.39 is 0 Å². The van der Waals surface area contributed by atoms with Crippen LogP contribution in [0.5, 0.6) is 0 Å². The molecule has 1 heterocycles. The number of aryl methyl sites for hydroxylation is 1. The van der Waals surface area contributed by atoms with Gasteiger partial charge in [-0.1, -0.05) is 42.5 Å². The molecule has 2 aromatic carbocycles. The third kappa shape index (κ3) is 3.29. The summed E-state index contributed by atoms with van der Waals surface area (Å²) >= 11 is 0. The van der Waals surface area contributed by atoms with Crippen LogP contribution in [0.2, 0.25) is 0 Å². The van der Waals surface area contributed by atoms with Crippen LogP contribution in [0.15, 0.2) is 53.3 Å². The summed E-state index contributed by atoms with van der Waals surface area (Å²) in [7, 11) is 0. The van der Waals surface area contributed by atoms with Crippen LogP contribution in [0.1, 0.15) is 16.8 Å². The first-order chi connectivity index (χ1) is 11.1. The lowest BCUT2D eigenvalue weighted by Gasteiger charge is -2.08. The van der Waals surface area contributed by atoms with Crippen molar-refractivity contribution in [3.05, 3.63) is 75.7 Å². The van der Waals surface area contributed by atoms with Gasteiger partial charge in [0.15, 0.2) is 0 Å². The predicted octanol–water partition coefficient (Wildman–Crippen LogP) is 2.52. The highest BCUT2D eigenvalue weighted by Crippen LogP contribution is 2.14. The number of nitrogens with zero attached hydrogens (tertiary/aromatic N) is 1. The van der Waals surface area contributed by atoms with Gasteiger partial charge in [0.2, 0.25) is 0 Å². The van der Waals surface area contributed by atoms with Crippen molar-refractivity contribution in [2.75, 3.05) is 0 Å². The number of carbonyl (C=O) groups excluding carboxylic acids is 1. The topological polar surface area (TPSA) is 72.0 Å². The van der Waals surface area contributed by atoms with Crippen molar-refractivity contribution >= 4 is 16.7 Å². The monoisotopic (exact) mass is 308 g/mol. The van der Waals surface area contributed by atoms with Gasteiger partial charge in [-0.25, -0.2) is 5.10 Å². The van der Waals surface area contributed by atoms with Gasteiger partial charge in [-0.3, -0.25) is 9.59 Å². The highest BCUT2D eigenvalue weighted by Gasteiger charge is 2.12. The minimum absolute atomic E-state index is 0.0170. The summed E-state index contributed by atoms with van der Waals surface area (Å²) in [5.41, 5.74) is 2.29. The summed E-state index contributed by atoms with van der Waals surface area (Å²) in [6.07, 6.45) is 0.0170. The van der Waals surface area contributed by atoms with Crippen LogP contribution < -0.4 is 5.56 Å². The highest BCUT2D eigenvalue weighted by molar-refractivity contribution is 5.86. The Kier molecular flexibility index (Phi) is 4.19. The summed E-state index contributed by atoms with van der Waals surface area (Å²) in [4.78, 5) is 23.8. The molecule has 3 rings (SSSR count). The number of fused-ring (bicyclic) bond motifs is 1. The fourth-order valence-corrected chi connectivity index (χ4v) is 2.42.